The molecule has 0 bridgehead atoms. The molecule has 7 heteroatoms. The highest BCUT2D eigenvalue weighted by molar-refractivity contribution is 7.90. The van der Waals surface area contributed by atoms with Gasteiger partial charge in [0.2, 0.25) is 0 Å². The van der Waals surface area contributed by atoms with E-state index in [2.05, 4.69) is 10.3 Å². The van der Waals surface area contributed by atoms with Crippen LogP contribution < -0.4 is 5.32 Å². The molecule has 1 heterocycles. The molecule has 0 aliphatic rings. The van der Waals surface area contributed by atoms with Crippen LogP contribution in [0.1, 0.15) is 15.9 Å². The Kier molecular flexibility index (Phi) is 5.74. The molecular weight excluding hydrogens is 416 g/mol. The fourth-order valence-corrected chi connectivity index (χ4v) is 5.02. The van der Waals surface area contributed by atoms with Crippen molar-refractivity contribution in [2.24, 2.45) is 0 Å². The van der Waals surface area contributed by atoms with Crippen molar-refractivity contribution in [3.63, 3.8) is 0 Å². The van der Waals surface area contributed by atoms with Gasteiger partial charge in [0, 0.05) is 28.4 Å². The van der Waals surface area contributed by atoms with Crippen molar-refractivity contribution < 1.29 is 13.2 Å². The number of carbonyl (C=O) groups is 1. The van der Waals surface area contributed by atoms with Gasteiger partial charge in [-0.2, -0.15) is 0 Å². The van der Waals surface area contributed by atoms with Gasteiger partial charge in [0.15, 0.2) is 9.84 Å². The van der Waals surface area contributed by atoms with Crippen LogP contribution in [0.4, 0.5) is 5.69 Å². The maximum atomic E-state index is 12.7. The van der Waals surface area contributed by atoms with Crippen molar-refractivity contribution in [3.8, 4) is 10.6 Å². The second kappa shape index (κ2) is 8.61. The number of sulfone groups is 1. The Balaban J connectivity index is 1.51. The van der Waals surface area contributed by atoms with Crippen LogP contribution in [-0.4, -0.2) is 19.3 Å². The Hall–Kier alpha value is -3.29. The van der Waals surface area contributed by atoms with Crippen molar-refractivity contribution >= 4 is 32.8 Å². The fourth-order valence-electron chi connectivity index (χ4n) is 3.03. The first kappa shape index (κ1) is 20.0. The summed E-state index contributed by atoms with van der Waals surface area (Å²) in [5, 5.41) is 5.64. The summed E-state index contributed by atoms with van der Waals surface area (Å²) in [5.41, 5.74) is 2.53. The largest absolute Gasteiger partial charge is 0.322 e. The number of aromatic nitrogens is 1. The van der Waals surface area contributed by atoms with Crippen LogP contribution in [0.15, 0.2) is 95.3 Å². The first-order chi connectivity index (χ1) is 14.5. The van der Waals surface area contributed by atoms with Gasteiger partial charge in [-0.25, -0.2) is 13.4 Å². The van der Waals surface area contributed by atoms with E-state index in [4.69, 9.17) is 0 Å². The predicted octanol–water partition coefficient (Wildman–Crippen LogP) is 5.04. The lowest BCUT2D eigenvalue weighted by molar-refractivity contribution is 0.102. The van der Waals surface area contributed by atoms with Crippen molar-refractivity contribution in [2.75, 3.05) is 5.32 Å². The Labute approximate surface area is 179 Å². The molecule has 30 heavy (non-hydrogen) atoms. The molecule has 0 spiro atoms. The molecular formula is C23H18N2O3S2. The summed E-state index contributed by atoms with van der Waals surface area (Å²) in [7, 11) is -3.48. The molecule has 0 aliphatic carbocycles. The van der Waals surface area contributed by atoms with E-state index < -0.39 is 9.84 Å². The lowest BCUT2D eigenvalue weighted by Gasteiger charge is -2.09. The average Bonchev–Trinajstić information content (AvgIpc) is 3.29. The molecule has 1 aromatic heterocycles. The number of anilines is 1. The molecule has 4 rings (SSSR count). The van der Waals surface area contributed by atoms with Crippen LogP contribution in [0, 0.1) is 0 Å². The van der Waals surface area contributed by atoms with E-state index in [1.165, 1.54) is 11.3 Å². The van der Waals surface area contributed by atoms with Gasteiger partial charge in [0.25, 0.3) is 5.91 Å². The number of hydrogen-bond donors (Lipinski definition) is 1. The number of hydrogen-bond acceptors (Lipinski definition) is 5. The monoisotopic (exact) mass is 434 g/mol. The van der Waals surface area contributed by atoms with Crippen molar-refractivity contribution in [1.29, 1.82) is 0 Å². The minimum absolute atomic E-state index is 0.169. The first-order valence-corrected chi connectivity index (χ1v) is 11.7. The van der Waals surface area contributed by atoms with Crippen molar-refractivity contribution in [1.82, 2.24) is 4.98 Å². The third kappa shape index (κ3) is 4.64. The Morgan fingerprint density at radius 3 is 2.50 bits per heavy atom. The summed E-state index contributed by atoms with van der Waals surface area (Å²) in [4.78, 5) is 17.3. The molecule has 1 amide bonds. The summed E-state index contributed by atoms with van der Waals surface area (Å²) in [6.45, 7) is 0. The topological polar surface area (TPSA) is 76.1 Å². The number of carbonyl (C=O) groups excluding carboxylic acids is 1. The maximum absolute atomic E-state index is 12.7. The average molecular weight is 435 g/mol. The van der Waals surface area contributed by atoms with Gasteiger partial charge in [-0.15, -0.1) is 11.3 Å². The van der Waals surface area contributed by atoms with Crippen molar-refractivity contribution in [3.05, 3.63) is 102 Å². The van der Waals surface area contributed by atoms with Crippen molar-refractivity contribution in [2.45, 2.75) is 10.6 Å². The van der Waals surface area contributed by atoms with E-state index in [1.54, 1.807) is 66.9 Å². The normalized spacial score (nSPS) is 11.2. The summed E-state index contributed by atoms with van der Waals surface area (Å²) in [6.07, 6.45) is 1.74. The van der Waals surface area contributed by atoms with E-state index in [9.17, 15) is 13.2 Å². The standard InChI is InChI=1S/C23H18N2O3S2/c26-22(25-20-9-5-8-19(15-20)23-24-12-13-29-23)18-7-4-6-17(14-18)16-30(27,28)21-10-2-1-3-11-21/h1-15H,16H2,(H,25,26). The van der Waals surface area contributed by atoms with E-state index in [1.807, 2.05) is 23.6 Å². The minimum Gasteiger partial charge on any atom is -0.322 e. The highest BCUT2D eigenvalue weighted by Gasteiger charge is 2.16. The second-order valence-electron chi connectivity index (χ2n) is 6.64. The lowest BCUT2D eigenvalue weighted by atomic mass is 10.1. The smallest absolute Gasteiger partial charge is 0.255 e. The molecule has 0 saturated carbocycles. The lowest BCUT2D eigenvalue weighted by Crippen LogP contribution is -2.13. The van der Waals surface area contributed by atoms with Crippen LogP contribution in [0.2, 0.25) is 0 Å². The molecule has 4 aromatic rings. The van der Waals surface area contributed by atoms with Gasteiger partial charge in [-0.3, -0.25) is 4.79 Å². The Bertz CT molecular complexity index is 1270. The van der Waals surface area contributed by atoms with Gasteiger partial charge in [-0.05, 0) is 42.0 Å². The molecule has 3 aromatic carbocycles. The van der Waals surface area contributed by atoms with Gasteiger partial charge >= 0.3 is 0 Å². The maximum Gasteiger partial charge on any atom is 0.255 e. The van der Waals surface area contributed by atoms with E-state index in [-0.39, 0.29) is 16.6 Å². The molecule has 0 saturated heterocycles. The predicted molar refractivity (Wildman–Crippen MR) is 119 cm³/mol. The number of benzene rings is 3. The molecule has 0 radical (unpaired) electrons. The highest BCUT2D eigenvalue weighted by atomic mass is 32.2. The second-order valence-corrected chi connectivity index (χ2v) is 9.53. The van der Waals surface area contributed by atoms with E-state index in [0.717, 1.165) is 10.6 Å². The fraction of sp³-hybridized carbons (Fsp3) is 0.0435. The van der Waals surface area contributed by atoms with Gasteiger partial charge < -0.3 is 5.32 Å². The Morgan fingerprint density at radius 1 is 0.933 bits per heavy atom. The quantitative estimate of drug-likeness (QED) is 0.461. The number of nitrogens with zero attached hydrogens (tertiary/aromatic N) is 1. The third-order valence-corrected chi connectivity index (χ3v) is 6.97. The van der Waals surface area contributed by atoms with Crippen LogP contribution in [0.25, 0.3) is 10.6 Å². The molecule has 5 nitrogen and oxygen atoms in total. The SMILES string of the molecule is O=C(Nc1cccc(-c2nccs2)c1)c1cccc(CS(=O)(=O)c2ccccc2)c1. The molecule has 0 atom stereocenters. The van der Waals surface area contributed by atoms with Gasteiger partial charge in [0.1, 0.15) is 5.01 Å². The summed E-state index contributed by atoms with van der Waals surface area (Å²) in [6, 6.07) is 22.4. The van der Waals surface area contributed by atoms with Gasteiger partial charge in [0.05, 0.1) is 10.6 Å². The zero-order valence-corrected chi connectivity index (χ0v) is 17.5. The Morgan fingerprint density at radius 2 is 1.73 bits per heavy atom. The van der Waals surface area contributed by atoms with Gasteiger partial charge in [-0.1, -0.05) is 42.5 Å². The zero-order valence-electron chi connectivity index (χ0n) is 15.9. The van der Waals surface area contributed by atoms with Crippen LogP contribution in [-0.2, 0) is 15.6 Å². The number of nitrogens with one attached hydrogen (secondary N) is 1. The molecule has 0 unspecified atom stereocenters. The summed E-state index contributed by atoms with van der Waals surface area (Å²) < 4.78 is 25.2. The number of thiazole rings is 1. The zero-order chi connectivity index (χ0) is 21.0. The summed E-state index contributed by atoms with van der Waals surface area (Å²) in [5.74, 6) is -0.470. The van der Waals surface area contributed by atoms with Crippen LogP contribution in [0.3, 0.4) is 0 Å². The highest BCUT2D eigenvalue weighted by Crippen LogP contribution is 2.25. The van der Waals surface area contributed by atoms with E-state index >= 15 is 0 Å². The molecule has 0 fully saturated rings. The first-order valence-electron chi connectivity index (χ1n) is 9.19. The minimum atomic E-state index is -3.48. The molecule has 0 aliphatic heterocycles. The van der Waals surface area contributed by atoms with Crippen LogP contribution >= 0.6 is 11.3 Å². The molecule has 1 N–H and O–H groups in total. The summed E-state index contributed by atoms with van der Waals surface area (Å²) >= 11 is 1.52. The number of rotatable bonds is 6. The molecule has 150 valence electrons. The number of amides is 1. The third-order valence-electron chi connectivity index (χ3n) is 4.45. The van der Waals surface area contributed by atoms with Crippen LogP contribution in [0.5, 0.6) is 0 Å². The van der Waals surface area contributed by atoms with E-state index in [0.29, 0.717) is 16.8 Å².